The summed E-state index contributed by atoms with van der Waals surface area (Å²) in [4.78, 5) is 14.1. The van der Waals surface area contributed by atoms with E-state index in [0.29, 0.717) is 48.9 Å². The Labute approximate surface area is 194 Å². The van der Waals surface area contributed by atoms with E-state index in [9.17, 15) is 9.18 Å². The van der Waals surface area contributed by atoms with Gasteiger partial charge >= 0.3 is 0 Å². The van der Waals surface area contributed by atoms with Crippen LogP contribution < -0.4 is 4.74 Å². The lowest BCUT2D eigenvalue weighted by Crippen LogP contribution is -2.37. The number of aromatic nitrogens is 2. The minimum Gasteiger partial charge on any atom is -0.484 e. The van der Waals surface area contributed by atoms with Crippen LogP contribution in [0.2, 0.25) is 0 Å². The first-order valence-corrected chi connectivity index (χ1v) is 10.9. The highest BCUT2D eigenvalue weighted by Gasteiger charge is 2.38. The maximum atomic E-state index is 13.6. The lowest BCUT2D eigenvalue weighted by Gasteiger charge is -2.35. The molecule has 174 valence electrons. The van der Waals surface area contributed by atoms with Gasteiger partial charge in [0.15, 0.2) is 20.2 Å². The van der Waals surface area contributed by atoms with Crippen molar-refractivity contribution in [3.63, 3.8) is 0 Å². The minimum absolute atomic E-state index is 0.0697. The summed E-state index contributed by atoms with van der Waals surface area (Å²) < 4.78 is 30.2. The monoisotopic (exact) mass is 453 g/mol. The second-order valence-electron chi connectivity index (χ2n) is 8.66. The molecule has 0 saturated heterocycles. The Kier molecular flexibility index (Phi) is 7.93. The van der Waals surface area contributed by atoms with Crippen LogP contribution in [-0.2, 0) is 16.0 Å². The fraction of sp³-hybridized carbons (Fsp3) is 0.458. The number of ether oxygens (including phenoxy) is 2. The number of halogens is 1. The van der Waals surface area contributed by atoms with Crippen LogP contribution in [0, 0.1) is 19.3 Å². The molecule has 3 rings (SSSR count). The summed E-state index contributed by atoms with van der Waals surface area (Å²) in [7, 11) is 1.39. The molecule has 1 amide bonds. The van der Waals surface area contributed by atoms with E-state index in [0.717, 1.165) is 5.56 Å². The maximum absolute atomic E-state index is 13.6. The number of carbonyl (C=O) groups is 1. The van der Waals surface area contributed by atoms with Gasteiger partial charge in [0.2, 0.25) is 11.8 Å². The third kappa shape index (κ3) is 7.19. The molecule has 1 aromatic heterocycles. The molecular formula is C24H29BFN3O4. The number of hydrogen-bond donors (Lipinski definition) is 0. The summed E-state index contributed by atoms with van der Waals surface area (Å²) in [5.41, 5.74) is 1.65. The van der Waals surface area contributed by atoms with Gasteiger partial charge in [-0.25, -0.2) is 4.39 Å². The average Bonchev–Trinajstić information content (AvgIpc) is 3.19. The van der Waals surface area contributed by atoms with Gasteiger partial charge in [-0.2, -0.15) is 0 Å². The van der Waals surface area contributed by atoms with Crippen molar-refractivity contribution in [1.29, 1.82) is 0 Å². The predicted octanol–water partition coefficient (Wildman–Crippen LogP) is 2.90. The quantitative estimate of drug-likeness (QED) is 0.385. The van der Waals surface area contributed by atoms with Crippen LogP contribution in [-0.4, -0.2) is 53.9 Å². The Morgan fingerprint density at radius 1 is 1.39 bits per heavy atom. The van der Waals surface area contributed by atoms with Crippen molar-refractivity contribution in [3.05, 3.63) is 53.9 Å². The van der Waals surface area contributed by atoms with Crippen LogP contribution in [0.4, 0.5) is 4.39 Å². The van der Waals surface area contributed by atoms with Crippen molar-refractivity contribution < 1.29 is 23.1 Å². The van der Waals surface area contributed by atoms with E-state index < -0.39 is 5.75 Å². The van der Waals surface area contributed by atoms with Gasteiger partial charge in [-0.3, -0.25) is 4.79 Å². The van der Waals surface area contributed by atoms with Crippen LogP contribution >= 0.6 is 0 Å². The van der Waals surface area contributed by atoms with Crippen molar-refractivity contribution in [2.75, 3.05) is 13.2 Å². The molecule has 1 aromatic carbocycles. The molecule has 1 saturated carbocycles. The van der Waals surface area contributed by atoms with Gasteiger partial charge in [0, 0.05) is 18.0 Å². The van der Waals surface area contributed by atoms with Crippen LogP contribution in [0.1, 0.15) is 49.4 Å². The number of terminal acetylenes is 1. The van der Waals surface area contributed by atoms with E-state index in [1.807, 2.05) is 31.2 Å². The molecule has 0 aliphatic heterocycles. The summed E-state index contributed by atoms with van der Waals surface area (Å²) >= 11 is 0. The molecule has 33 heavy (non-hydrogen) atoms. The molecule has 1 fully saturated rings. The van der Waals surface area contributed by atoms with Crippen molar-refractivity contribution >= 4 is 13.8 Å². The van der Waals surface area contributed by atoms with E-state index in [2.05, 4.69) is 22.7 Å². The lowest BCUT2D eigenvalue weighted by molar-refractivity contribution is -0.139. The zero-order valence-electron chi connectivity index (χ0n) is 19.3. The number of nitrogens with zero attached hydrogens (tertiary/aromatic N) is 3. The van der Waals surface area contributed by atoms with Gasteiger partial charge in [0.1, 0.15) is 5.75 Å². The summed E-state index contributed by atoms with van der Waals surface area (Å²) in [6.07, 6.45) is 7.44. The van der Waals surface area contributed by atoms with E-state index >= 15 is 0 Å². The first kappa shape index (κ1) is 24.5. The zero-order valence-corrected chi connectivity index (χ0v) is 19.3. The largest absolute Gasteiger partial charge is 0.484 e. The van der Waals surface area contributed by atoms with Crippen molar-refractivity contribution in [1.82, 2.24) is 15.1 Å². The number of carbonyl (C=O) groups excluding carboxylic acids is 1. The molecular weight excluding hydrogens is 424 g/mol. The number of rotatable bonds is 11. The normalized spacial score (nSPS) is 19.1. The standard InChI is InChI=1S/C24H29BFN3O4/c1-5-12-29(22(30)15-31-19-9-6-16(2)7-10-19)17(3)8-11-21-27-28-23(32-21)18-13-20(14-18)33-24(4,25)26/h1,6-7,9-10,18,20H,3,8,11-15,25H2,2,4H3. The zero-order chi connectivity index (χ0) is 24.0. The second kappa shape index (κ2) is 10.7. The Bertz CT molecular complexity index is 1000. The number of allylic oxidation sites excluding steroid dienone is 1. The van der Waals surface area contributed by atoms with E-state index in [1.54, 1.807) is 0 Å². The summed E-state index contributed by atoms with van der Waals surface area (Å²) in [5, 5.41) is 8.19. The Balaban J connectivity index is 1.47. The molecule has 2 aromatic rings. The fourth-order valence-corrected chi connectivity index (χ4v) is 3.50. The van der Waals surface area contributed by atoms with Crippen molar-refractivity contribution in [3.8, 4) is 18.1 Å². The highest BCUT2D eigenvalue weighted by Crippen LogP contribution is 2.39. The van der Waals surface area contributed by atoms with Crippen LogP contribution in [0.3, 0.4) is 0 Å². The van der Waals surface area contributed by atoms with Crippen molar-refractivity contribution in [2.24, 2.45) is 0 Å². The highest BCUT2D eigenvalue weighted by molar-refractivity contribution is 6.12. The van der Waals surface area contributed by atoms with Gasteiger partial charge < -0.3 is 18.8 Å². The lowest BCUT2D eigenvalue weighted by atomic mass is 9.81. The highest BCUT2D eigenvalue weighted by atomic mass is 19.2. The summed E-state index contributed by atoms with van der Waals surface area (Å²) in [5.74, 6) is 2.21. The van der Waals surface area contributed by atoms with Gasteiger partial charge in [0.25, 0.3) is 5.91 Å². The summed E-state index contributed by atoms with van der Waals surface area (Å²) in [6.45, 7) is 7.32. The molecule has 1 heterocycles. The topological polar surface area (TPSA) is 77.7 Å². The first-order valence-electron chi connectivity index (χ1n) is 10.9. The average molecular weight is 453 g/mol. The van der Waals surface area contributed by atoms with Crippen molar-refractivity contribution in [2.45, 2.75) is 57.3 Å². The molecule has 0 N–H and O–H groups in total. The molecule has 7 nitrogen and oxygen atoms in total. The SMILES string of the molecule is BC(C)(F)OC1CC(c2nnc(CCC(=C)N(CC#C)C(=O)COc3ccc(C)cc3)o2)C1. The van der Waals surface area contributed by atoms with Crippen LogP contribution in [0.5, 0.6) is 5.75 Å². The Hall–Kier alpha value is -3.12. The molecule has 9 heteroatoms. The molecule has 1 unspecified atom stereocenters. The third-order valence-electron chi connectivity index (χ3n) is 5.32. The number of benzene rings is 1. The van der Waals surface area contributed by atoms with Gasteiger partial charge in [0.05, 0.1) is 12.6 Å². The second-order valence-corrected chi connectivity index (χ2v) is 8.66. The van der Waals surface area contributed by atoms with Crippen LogP contribution in [0.15, 0.2) is 41.0 Å². The molecule has 1 aliphatic carbocycles. The van der Waals surface area contributed by atoms with E-state index in [1.165, 1.54) is 19.7 Å². The first-order chi connectivity index (χ1) is 15.6. The Morgan fingerprint density at radius 3 is 2.73 bits per heavy atom. The smallest absolute Gasteiger partial charge is 0.265 e. The molecule has 1 aliphatic rings. The number of aryl methyl sites for hydroxylation is 2. The van der Waals surface area contributed by atoms with Gasteiger partial charge in [-0.05, 0) is 45.2 Å². The third-order valence-corrected chi connectivity index (χ3v) is 5.32. The van der Waals surface area contributed by atoms with Gasteiger partial charge in [-0.15, -0.1) is 16.6 Å². The number of amides is 1. The molecule has 1 atom stereocenters. The number of hydrogen-bond acceptors (Lipinski definition) is 6. The maximum Gasteiger partial charge on any atom is 0.265 e. The van der Waals surface area contributed by atoms with E-state index in [4.69, 9.17) is 20.3 Å². The van der Waals surface area contributed by atoms with Gasteiger partial charge in [-0.1, -0.05) is 30.2 Å². The minimum atomic E-state index is -1.65. The summed E-state index contributed by atoms with van der Waals surface area (Å²) in [6, 6.07) is 7.44. The molecule has 0 bridgehead atoms. The fourth-order valence-electron chi connectivity index (χ4n) is 3.50. The molecule has 0 spiro atoms. The van der Waals surface area contributed by atoms with Crippen LogP contribution in [0.25, 0.3) is 0 Å². The Morgan fingerprint density at radius 2 is 2.09 bits per heavy atom. The predicted molar refractivity (Wildman–Crippen MR) is 124 cm³/mol. The molecule has 0 radical (unpaired) electrons. The number of alkyl halides is 1. The van der Waals surface area contributed by atoms with E-state index in [-0.39, 0.29) is 31.1 Å².